The summed E-state index contributed by atoms with van der Waals surface area (Å²) in [7, 11) is 0. The normalized spacial score (nSPS) is 26.4. The zero-order valence-electron chi connectivity index (χ0n) is 13.3. The van der Waals surface area contributed by atoms with Gasteiger partial charge in [-0.2, -0.15) is 0 Å². The molecule has 1 saturated carbocycles. The number of thioether (sulfide) groups is 1. The lowest BCUT2D eigenvalue weighted by molar-refractivity contribution is -0.136. The third-order valence-corrected chi connectivity index (χ3v) is 6.20. The second-order valence-electron chi connectivity index (χ2n) is 6.73. The Kier molecular flexibility index (Phi) is 5.09. The van der Waals surface area contributed by atoms with Gasteiger partial charge in [0.05, 0.1) is 0 Å². The Labute approximate surface area is 137 Å². The zero-order chi connectivity index (χ0) is 15.5. The minimum absolute atomic E-state index is 0.191. The standard InChI is InChI=1S/C18H26N2OS/c1-13-3-2-4-17(11-13)22-16-7-9-20(10-8-16)18(21)14-5-6-15(19)12-14/h2-4,11,14-16H,5-10,12,19H2,1H3. The second-order valence-corrected chi connectivity index (χ2v) is 8.10. The number of carbonyl (C=O) groups excluding carboxylic acids is 1. The molecule has 2 unspecified atom stereocenters. The highest BCUT2D eigenvalue weighted by Gasteiger charge is 2.32. The summed E-state index contributed by atoms with van der Waals surface area (Å²) in [6.45, 7) is 3.96. The van der Waals surface area contributed by atoms with E-state index in [0.29, 0.717) is 11.2 Å². The van der Waals surface area contributed by atoms with Crippen LogP contribution in [0.1, 0.15) is 37.7 Å². The molecule has 0 radical (unpaired) electrons. The van der Waals surface area contributed by atoms with Gasteiger partial charge in [-0.3, -0.25) is 4.79 Å². The van der Waals surface area contributed by atoms with Gasteiger partial charge in [-0.1, -0.05) is 17.7 Å². The molecule has 1 aliphatic carbocycles. The topological polar surface area (TPSA) is 46.3 Å². The lowest BCUT2D eigenvalue weighted by Crippen LogP contribution is -2.42. The van der Waals surface area contributed by atoms with Crippen LogP contribution in [0.2, 0.25) is 0 Å². The second kappa shape index (κ2) is 7.05. The average molecular weight is 318 g/mol. The Bertz CT molecular complexity index is 526. The van der Waals surface area contributed by atoms with E-state index in [9.17, 15) is 4.79 Å². The van der Waals surface area contributed by atoms with Crippen molar-refractivity contribution in [1.82, 2.24) is 4.90 Å². The number of benzene rings is 1. The van der Waals surface area contributed by atoms with Crippen LogP contribution in [0, 0.1) is 12.8 Å². The Morgan fingerprint density at radius 2 is 2.00 bits per heavy atom. The van der Waals surface area contributed by atoms with Crippen molar-refractivity contribution in [1.29, 1.82) is 0 Å². The molecule has 3 nitrogen and oxygen atoms in total. The molecular weight excluding hydrogens is 292 g/mol. The minimum atomic E-state index is 0.191. The monoisotopic (exact) mass is 318 g/mol. The highest BCUT2D eigenvalue weighted by molar-refractivity contribution is 8.00. The molecule has 120 valence electrons. The van der Waals surface area contributed by atoms with E-state index < -0.39 is 0 Å². The number of likely N-dealkylation sites (tertiary alicyclic amines) is 1. The SMILES string of the molecule is Cc1cccc(SC2CCN(C(=O)C3CCC(N)C3)CC2)c1. The number of piperidine rings is 1. The van der Waals surface area contributed by atoms with Crippen molar-refractivity contribution in [2.24, 2.45) is 11.7 Å². The van der Waals surface area contributed by atoms with Crippen LogP contribution in [0.3, 0.4) is 0 Å². The van der Waals surface area contributed by atoms with E-state index in [0.717, 1.165) is 45.2 Å². The third kappa shape index (κ3) is 3.85. The number of hydrogen-bond acceptors (Lipinski definition) is 3. The van der Waals surface area contributed by atoms with Gasteiger partial charge < -0.3 is 10.6 Å². The van der Waals surface area contributed by atoms with Crippen LogP contribution in [0.4, 0.5) is 0 Å². The molecule has 1 aliphatic heterocycles. The molecule has 1 saturated heterocycles. The maximum atomic E-state index is 12.5. The van der Waals surface area contributed by atoms with Gasteiger partial charge in [-0.25, -0.2) is 0 Å². The smallest absolute Gasteiger partial charge is 0.225 e. The van der Waals surface area contributed by atoms with E-state index in [1.165, 1.54) is 10.5 Å². The number of hydrogen-bond donors (Lipinski definition) is 1. The molecule has 22 heavy (non-hydrogen) atoms. The van der Waals surface area contributed by atoms with E-state index in [-0.39, 0.29) is 12.0 Å². The zero-order valence-corrected chi connectivity index (χ0v) is 14.1. The summed E-state index contributed by atoms with van der Waals surface area (Å²) in [5, 5.41) is 0.636. The average Bonchev–Trinajstić information content (AvgIpc) is 2.94. The predicted molar refractivity (Wildman–Crippen MR) is 92.0 cm³/mol. The number of carbonyl (C=O) groups is 1. The Morgan fingerprint density at radius 3 is 2.64 bits per heavy atom. The van der Waals surface area contributed by atoms with E-state index in [4.69, 9.17) is 5.73 Å². The molecule has 1 heterocycles. The molecule has 1 aromatic carbocycles. The lowest BCUT2D eigenvalue weighted by Gasteiger charge is -2.33. The first kappa shape index (κ1) is 15.9. The van der Waals surface area contributed by atoms with Crippen molar-refractivity contribution in [3.05, 3.63) is 29.8 Å². The van der Waals surface area contributed by atoms with Crippen molar-refractivity contribution < 1.29 is 4.79 Å². The summed E-state index contributed by atoms with van der Waals surface area (Å²) in [5.74, 6) is 0.544. The van der Waals surface area contributed by atoms with Crippen molar-refractivity contribution >= 4 is 17.7 Å². The van der Waals surface area contributed by atoms with Gasteiger partial charge >= 0.3 is 0 Å². The summed E-state index contributed by atoms with van der Waals surface area (Å²) in [6, 6.07) is 8.94. The van der Waals surface area contributed by atoms with Gasteiger partial charge in [0.15, 0.2) is 0 Å². The highest BCUT2D eigenvalue weighted by atomic mass is 32.2. The number of rotatable bonds is 3. The Morgan fingerprint density at radius 1 is 1.23 bits per heavy atom. The number of aryl methyl sites for hydroxylation is 1. The third-order valence-electron chi connectivity index (χ3n) is 4.87. The van der Waals surface area contributed by atoms with Gasteiger partial charge in [0.25, 0.3) is 0 Å². The number of nitrogens with zero attached hydrogens (tertiary/aromatic N) is 1. The summed E-state index contributed by atoms with van der Waals surface area (Å²) in [5.41, 5.74) is 7.25. The molecule has 0 aromatic heterocycles. The molecule has 0 bridgehead atoms. The van der Waals surface area contributed by atoms with E-state index in [1.54, 1.807) is 0 Å². The number of amides is 1. The molecule has 0 spiro atoms. The van der Waals surface area contributed by atoms with Crippen LogP contribution in [0.25, 0.3) is 0 Å². The van der Waals surface area contributed by atoms with Gasteiger partial charge in [-0.05, 0) is 51.2 Å². The van der Waals surface area contributed by atoms with Crippen LogP contribution < -0.4 is 5.73 Å². The summed E-state index contributed by atoms with van der Waals surface area (Å²) in [4.78, 5) is 16.0. The van der Waals surface area contributed by atoms with Crippen LogP contribution in [-0.4, -0.2) is 35.2 Å². The van der Waals surface area contributed by atoms with E-state index in [2.05, 4.69) is 36.1 Å². The molecule has 2 fully saturated rings. The molecule has 3 rings (SSSR count). The van der Waals surface area contributed by atoms with Crippen molar-refractivity contribution in [3.63, 3.8) is 0 Å². The fourth-order valence-corrected chi connectivity index (χ4v) is 4.82. The van der Waals surface area contributed by atoms with E-state index in [1.807, 2.05) is 11.8 Å². The van der Waals surface area contributed by atoms with Crippen molar-refractivity contribution in [2.75, 3.05) is 13.1 Å². The molecule has 2 N–H and O–H groups in total. The maximum absolute atomic E-state index is 12.5. The van der Waals surface area contributed by atoms with Gasteiger partial charge in [-0.15, -0.1) is 11.8 Å². The predicted octanol–water partition coefficient (Wildman–Crippen LogP) is 3.21. The summed E-state index contributed by atoms with van der Waals surface area (Å²) >= 11 is 1.97. The van der Waals surface area contributed by atoms with Gasteiger partial charge in [0, 0.05) is 35.2 Å². The first-order valence-corrected chi connectivity index (χ1v) is 9.27. The maximum Gasteiger partial charge on any atom is 0.225 e. The molecule has 4 heteroatoms. The Hall–Kier alpha value is -1.00. The highest BCUT2D eigenvalue weighted by Crippen LogP contribution is 2.32. The van der Waals surface area contributed by atoms with Crippen LogP contribution in [-0.2, 0) is 4.79 Å². The molecule has 2 aliphatic rings. The molecule has 2 atom stereocenters. The van der Waals surface area contributed by atoms with Crippen LogP contribution >= 0.6 is 11.8 Å². The quantitative estimate of drug-likeness (QED) is 0.931. The van der Waals surface area contributed by atoms with Crippen LogP contribution in [0.5, 0.6) is 0 Å². The minimum Gasteiger partial charge on any atom is -0.342 e. The number of nitrogens with two attached hydrogens (primary N) is 1. The fourth-order valence-electron chi connectivity index (χ4n) is 3.57. The first-order chi connectivity index (χ1) is 10.6. The largest absolute Gasteiger partial charge is 0.342 e. The van der Waals surface area contributed by atoms with Crippen LogP contribution in [0.15, 0.2) is 29.2 Å². The van der Waals surface area contributed by atoms with Gasteiger partial charge in [0.2, 0.25) is 5.91 Å². The molecular formula is C18H26N2OS. The van der Waals surface area contributed by atoms with E-state index >= 15 is 0 Å². The van der Waals surface area contributed by atoms with Gasteiger partial charge in [0.1, 0.15) is 0 Å². The molecule has 1 amide bonds. The molecule has 1 aromatic rings. The summed E-state index contributed by atoms with van der Waals surface area (Å²) < 4.78 is 0. The summed E-state index contributed by atoms with van der Waals surface area (Å²) in [6.07, 6.45) is 5.08. The Balaban J connectivity index is 1.49. The fraction of sp³-hybridized carbons (Fsp3) is 0.611. The first-order valence-electron chi connectivity index (χ1n) is 8.39. The van der Waals surface area contributed by atoms with Crippen molar-refractivity contribution in [3.8, 4) is 0 Å². The lowest BCUT2D eigenvalue weighted by atomic mass is 10.0. The van der Waals surface area contributed by atoms with Crippen molar-refractivity contribution in [2.45, 2.75) is 55.2 Å².